The van der Waals surface area contributed by atoms with Crippen molar-refractivity contribution in [2.24, 2.45) is 0 Å². The Morgan fingerprint density at radius 2 is 1.88 bits per heavy atom. The molecule has 86 valence electrons. The summed E-state index contributed by atoms with van der Waals surface area (Å²) in [7, 11) is 1.02. The van der Waals surface area contributed by atoms with E-state index in [0.717, 1.165) is 7.11 Å². The fraction of sp³-hybridized carbons (Fsp3) is 0.111. The minimum Gasteiger partial charge on any atom is -0.505 e. The van der Waals surface area contributed by atoms with E-state index >= 15 is 0 Å². The number of ether oxygens (including phenoxy) is 1. The number of phenols is 1. The van der Waals surface area contributed by atoms with Crippen LogP contribution in [0.5, 0.6) is 11.5 Å². The lowest BCUT2D eigenvalue weighted by atomic mass is 10.1. The second kappa shape index (κ2) is 4.13. The molecule has 0 saturated heterocycles. The van der Waals surface area contributed by atoms with E-state index in [1.165, 1.54) is 0 Å². The molecule has 5 nitrogen and oxygen atoms in total. The van der Waals surface area contributed by atoms with Gasteiger partial charge in [0.05, 0.1) is 7.11 Å². The van der Waals surface area contributed by atoms with Gasteiger partial charge in [-0.3, -0.25) is 4.79 Å². The summed E-state index contributed by atoms with van der Waals surface area (Å²) in [6.07, 6.45) is 0. The maximum absolute atomic E-state index is 13.4. The van der Waals surface area contributed by atoms with Gasteiger partial charge in [0.2, 0.25) is 0 Å². The Morgan fingerprint density at radius 1 is 1.31 bits per heavy atom. The van der Waals surface area contributed by atoms with Crippen molar-refractivity contribution >= 4 is 11.8 Å². The van der Waals surface area contributed by atoms with Gasteiger partial charge in [-0.05, 0) is 0 Å². The molecule has 0 atom stereocenters. The van der Waals surface area contributed by atoms with E-state index in [1.54, 1.807) is 0 Å². The van der Waals surface area contributed by atoms with Crippen molar-refractivity contribution in [3.63, 3.8) is 0 Å². The lowest BCUT2D eigenvalue weighted by Crippen LogP contribution is -2.17. The molecule has 0 bridgehead atoms. The molecular weight excluding hydrogens is 226 g/mol. The maximum atomic E-state index is 13.4. The number of phenolic OH excluding ortho intramolecular Hbond substituents is 1. The van der Waals surface area contributed by atoms with Crippen molar-refractivity contribution in [3.8, 4) is 11.5 Å². The number of hydrogen-bond donors (Lipinski definition) is 2. The number of Topliss-reactive ketones (excluding diaryl/α,β-unsaturated/α-hetero) is 1. The molecule has 0 aliphatic carbocycles. The Hall–Kier alpha value is -2.18. The van der Waals surface area contributed by atoms with E-state index in [2.05, 4.69) is 4.74 Å². The topological polar surface area (TPSA) is 83.8 Å². The molecule has 1 rings (SSSR count). The summed E-state index contributed by atoms with van der Waals surface area (Å²) in [5.74, 6) is -8.63. The Labute approximate surface area is 87.9 Å². The van der Waals surface area contributed by atoms with E-state index in [0.29, 0.717) is 6.07 Å². The number of rotatable bonds is 3. The minimum absolute atomic E-state index is 0.600. The van der Waals surface area contributed by atoms with Crippen molar-refractivity contribution in [1.82, 2.24) is 0 Å². The van der Waals surface area contributed by atoms with Gasteiger partial charge in [0.1, 0.15) is 5.56 Å². The summed E-state index contributed by atoms with van der Waals surface area (Å²) < 4.78 is 30.9. The van der Waals surface area contributed by atoms with Gasteiger partial charge in [-0.1, -0.05) is 0 Å². The van der Waals surface area contributed by atoms with Crippen molar-refractivity contribution < 1.29 is 33.3 Å². The molecule has 0 saturated carbocycles. The highest BCUT2D eigenvalue weighted by Crippen LogP contribution is 2.30. The first-order valence-corrected chi connectivity index (χ1v) is 3.92. The smallest absolute Gasteiger partial charge is 0.377 e. The summed E-state index contributed by atoms with van der Waals surface area (Å²) in [4.78, 5) is 21.3. The predicted octanol–water partition coefficient (Wildman–Crippen LogP) is 0.946. The maximum Gasteiger partial charge on any atom is 0.377 e. The van der Waals surface area contributed by atoms with Crippen molar-refractivity contribution in [2.45, 2.75) is 0 Å². The van der Waals surface area contributed by atoms with Crippen LogP contribution in [0.15, 0.2) is 6.07 Å². The number of aliphatic carboxylic acids is 1. The molecule has 0 spiro atoms. The monoisotopic (exact) mass is 232 g/mol. The van der Waals surface area contributed by atoms with Crippen LogP contribution in [-0.2, 0) is 4.79 Å². The number of carboxylic acids is 1. The summed E-state index contributed by atoms with van der Waals surface area (Å²) in [5, 5.41) is 17.3. The van der Waals surface area contributed by atoms with Crippen LogP contribution in [0.25, 0.3) is 0 Å². The highest BCUT2D eigenvalue weighted by Gasteiger charge is 2.28. The van der Waals surface area contributed by atoms with Crippen molar-refractivity contribution in [2.75, 3.05) is 7.11 Å². The van der Waals surface area contributed by atoms with Gasteiger partial charge in [-0.2, -0.15) is 0 Å². The third-order valence-electron chi connectivity index (χ3n) is 1.79. The first kappa shape index (κ1) is 11.9. The van der Waals surface area contributed by atoms with Crippen LogP contribution in [0.4, 0.5) is 8.78 Å². The van der Waals surface area contributed by atoms with E-state index in [9.17, 15) is 18.4 Å². The third-order valence-corrected chi connectivity index (χ3v) is 1.79. The standard InChI is InChI=1S/C9H6F2O5/c1-16-4-2-3(12)6(10)5(7(4)11)8(13)9(14)15/h2,12H,1H3,(H,14,15). The largest absolute Gasteiger partial charge is 0.505 e. The number of halogens is 2. The Bertz CT molecular complexity index is 469. The van der Waals surface area contributed by atoms with Crippen LogP contribution in [0.2, 0.25) is 0 Å². The van der Waals surface area contributed by atoms with E-state index in [4.69, 9.17) is 10.2 Å². The van der Waals surface area contributed by atoms with Gasteiger partial charge in [0.15, 0.2) is 23.1 Å². The molecular formula is C9H6F2O5. The van der Waals surface area contributed by atoms with Crippen LogP contribution in [-0.4, -0.2) is 29.1 Å². The zero-order valence-electron chi connectivity index (χ0n) is 7.95. The molecule has 16 heavy (non-hydrogen) atoms. The Morgan fingerprint density at radius 3 is 2.31 bits per heavy atom. The fourth-order valence-corrected chi connectivity index (χ4v) is 1.05. The van der Waals surface area contributed by atoms with E-state index in [-0.39, 0.29) is 0 Å². The fourth-order valence-electron chi connectivity index (χ4n) is 1.05. The number of benzene rings is 1. The van der Waals surface area contributed by atoms with Crippen LogP contribution in [0.1, 0.15) is 10.4 Å². The number of carbonyl (C=O) groups is 2. The normalized spacial score (nSPS) is 9.94. The first-order chi connectivity index (χ1) is 7.40. The lowest BCUT2D eigenvalue weighted by molar-refractivity contribution is -0.131. The Kier molecular flexibility index (Phi) is 3.07. The quantitative estimate of drug-likeness (QED) is 0.598. The number of hydrogen-bond acceptors (Lipinski definition) is 4. The van der Waals surface area contributed by atoms with Crippen molar-refractivity contribution in [1.29, 1.82) is 0 Å². The zero-order valence-corrected chi connectivity index (χ0v) is 7.95. The molecule has 0 aliphatic heterocycles. The molecule has 2 N–H and O–H groups in total. The highest BCUT2D eigenvalue weighted by molar-refractivity contribution is 6.40. The molecule has 1 aromatic carbocycles. The minimum atomic E-state index is -2.04. The number of carbonyl (C=O) groups excluding carboxylic acids is 1. The van der Waals surface area contributed by atoms with Gasteiger partial charge in [-0.15, -0.1) is 0 Å². The second-order valence-corrected chi connectivity index (χ2v) is 2.74. The van der Waals surface area contributed by atoms with E-state index < -0.39 is 40.4 Å². The molecule has 0 fully saturated rings. The van der Waals surface area contributed by atoms with Crippen LogP contribution >= 0.6 is 0 Å². The van der Waals surface area contributed by atoms with Gasteiger partial charge in [0, 0.05) is 6.07 Å². The summed E-state index contributed by atoms with van der Waals surface area (Å²) in [6.45, 7) is 0. The molecule has 0 unspecified atom stereocenters. The molecule has 0 aliphatic rings. The number of aromatic hydroxyl groups is 1. The van der Waals surface area contributed by atoms with Gasteiger partial charge in [-0.25, -0.2) is 13.6 Å². The summed E-state index contributed by atoms with van der Waals surface area (Å²) in [6, 6.07) is 0.600. The number of carboxylic acid groups (broad SMARTS) is 1. The molecule has 7 heteroatoms. The van der Waals surface area contributed by atoms with Crippen LogP contribution < -0.4 is 4.74 Å². The number of ketones is 1. The molecule has 0 amide bonds. The van der Waals surface area contributed by atoms with E-state index in [1.807, 2.05) is 0 Å². The third kappa shape index (κ3) is 1.79. The molecule has 0 aromatic heterocycles. The van der Waals surface area contributed by atoms with Crippen molar-refractivity contribution in [3.05, 3.63) is 23.3 Å². The molecule has 0 radical (unpaired) electrons. The Balaban J connectivity index is 3.53. The highest BCUT2D eigenvalue weighted by atomic mass is 19.1. The number of methoxy groups -OCH3 is 1. The second-order valence-electron chi connectivity index (χ2n) is 2.74. The first-order valence-electron chi connectivity index (χ1n) is 3.92. The molecule has 1 aromatic rings. The predicted molar refractivity (Wildman–Crippen MR) is 46.5 cm³/mol. The van der Waals surface area contributed by atoms with Gasteiger partial charge < -0.3 is 14.9 Å². The lowest BCUT2D eigenvalue weighted by Gasteiger charge is -2.07. The summed E-state index contributed by atoms with van der Waals surface area (Å²) in [5.41, 5.74) is -1.36. The van der Waals surface area contributed by atoms with Gasteiger partial charge >= 0.3 is 5.97 Å². The average Bonchev–Trinajstić information content (AvgIpc) is 2.23. The van der Waals surface area contributed by atoms with Crippen LogP contribution in [0.3, 0.4) is 0 Å². The van der Waals surface area contributed by atoms with Crippen LogP contribution in [0, 0.1) is 11.6 Å². The van der Waals surface area contributed by atoms with Gasteiger partial charge in [0.25, 0.3) is 5.78 Å². The molecule has 0 heterocycles. The zero-order chi connectivity index (χ0) is 12.5. The SMILES string of the molecule is COc1cc(O)c(F)c(C(=O)C(=O)O)c1F. The summed E-state index contributed by atoms with van der Waals surface area (Å²) >= 11 is 0. The average molecular weight is 232 g/mol.